The average molecular weight is 248 g/mol. The number of benzene rings is 1. The number of amides is 1. The minimum atomic E-state index is -0.992. The number of para-hydroxylation sites is 1. The SMILES string of the molecule is O=C(O)c1cccc2c1N1CCOCC1C(=O)N2. The van der Waals surface area contributed by atoms with Gasteiger partial charge in [-0.15, -0.1) is 0 Å². The molecule has 1 fully saturated rings. The van der Waals surface area contributed by atoms with Gasteiger partial charge in [0.1, 0.15) is 6.04 Å². The van der Waals surface area contributed by atoms with Crippen molar-refractivity contribution in [3.8, 4) is 0 Å². The van der Waals surface area contributed by atoms with Crippen molar-refractivity contribution in [2.45, 2.75) is 6.04 Å². The first-order chi connectivity index (χ1) is 8.68. The molecule has 2 N–H and O–H groups in total. The van der Waals surface area contributed by atoms with Gasteiger partial charge in [0.05, 0.1) is 30.2 Å². The van der Waals surface area contributed by atoms with Crippen LogP contribution >= 0.6 is 0 Å². The molecule has 2 heterocycles. The maximum absolute atomic E-state index is 11.9. The van der Waals surface area contributed by atoms with Crippen LogP contribution in [0.2, 0.25) is 0 Å². The first kappa shape index (κ1) is 11.0. The Morgan fingerprint density at radius 3 is 3.11 bits per heavy atom. The van der Waals surface area contributed by atoms with Gasteiger partial charge in [0.2, 0.25) is 5.91 Å². The van der Waals surface area contributed by atoms with Gasteiger partial charge in [-0.3, -0.25) is 4.79 Å². The van der Waals surface area contributed by atoms with Crippen LogP contribution in [0.4, 0.5) is 11.4 Å². The Bertz CT molecular complexity index is 529. The van der Waals surface area contributed by atoms with E-state index in [2.05, 4.69) is 5.32 Å². The predicted molar refractivity (Wildman–Crippen MR) is 64.0 cm³/mol. The first-order valence-corrected chi connectivity index (χ1v) is 5.70. The Hall–Kier alpha value is -2.08. The summed E-state index contributed by atoms with van der Waals surface area (Å²) in [6, 6.07) is 4.45. The molecule has 94 valence electrons. The van der Waals surface area contributed by atoms with E-state index in [0.29, 0.717) is 31.1 Å². The van der Waals surface area contributed by atoms with E-state index in [1.165, 1.54) is 0 Å². The van der Waals surface area contributed by atoms with E-state index in [4.69, 9.17) is 4.74 Å². The van der Waals surface area contributed by atoms with E-state index in [-0.39, 0.29) is 11.5 Å². The van der Waals surface area contributed by atoms with Crippen LogP contribution in [0.15, 0.2) is 18.2 Å². The Labute approximate surface area is 103 Å². The second-order valence-electron chi connectivity index (χ2n) is 4.28. The number of nitrogens with one attached hydrogen (secondary N) is 1. The number of anilines is 2. The molecule has 6 heteroatoms. The molecule has 0 spiro atoms. The highest BCUT2D eigenvalue weighted by molar-refractivity contribution is 6.08. The maximum Gasteiger partial charge on any atom is 0.337 e. The van der Waals surface area contributed by atoms with E-state index in [1.807, 2.05) is 4.90 Å². The fourth-order valence-electron chi connectivity index (χ4n) is 2.43. The number of aromatic carboxylic acids is 1. The number of morpholine rings is 1. The number of carbonyl (C=O) groups excluding carboxylic acids is 1. The molecule has 1 unspecified atom stereocenters. The second-order valence-corrected chi connectivity index (χ2v) is 4.28. The molecule has 0 radical (unpaired) electrons. The summed E-state index contributed by atoms with van der Waals surface area (Å²) in [6.45, 7) is 1.31. The number of hydrogen-bond acceptors (Lipinski definition) is 4. The summed E-state index contributed by atoms with van der Waals surface area (Å²) < 4.78 is 5.27. The molecule has 1 amide bonds. The lowest BCUT2D eigenvalue weighted by Crippen LogP contribution is -2.55. The smallest absolute Gasteiger partial charge is 0.337 e. The fourth-order valence-corrected chi connectivity index (χ4v) is 2.43. The van der Waals surface area contributed by atoms with Gasteiger partial charge in [-0.25, -0.2) is 4.79 Å². The maximum atomic E-state index is 11.9. The van der Waals surface area contributed by atoms with Crippen LogP contribution in [0.3, 0.4) is 0 Å². The molecule has 0 bridgehead atoms. The minimum Gasteiger partial charge on any atom is -0.478 e. The molecular weight excluding hydrogens is 236 g/mol. The third kappa shape index (κ3) is 1.53. The van der Waals surface area contributed by atoms with Gasteiger partial charge >= 0.3 is 5.97 Å². The molecule has 18 heavy (non-hydrogen) atoms. The van der Waals surface area contributed by atoms with Gasteiger partial charge in [-0.2, -0.15) is 0 Å². The normalized spacial score (nSPS) is 21.9. The molecule has 0 aliphatic carbocycles. The Balaban J connectivity index is 2.15. The summed E-state index contributed by atoms with van der Waals surface area (Å²) in [4.78, 5) is 25.0. The van der Waals surface area contributed by atoms with Crippen molar-refractivity contribution in [1.29, 1.82) is 0 Å². The predicted octanol–water partition coefficient (Wildman–Crippen LogP) is 0.542. The summed E-state index contributed by atoms with van der Waals surface area (Å²) in [5.41, 5.74) is 1.34. The molecule has 2 aliphatic heterocycles. The zero-order chi connectivity index (χ0) is 12.7. The number of carbonyl (C=O) groups is 2. The summed E-state index contributed by atoms with van der Waals surface area (Å²) in [7, 11) is 0. The topological polar surface area (TPSA) is 78.9 Å². The van der Waals surface area contributed by atoms with Gasteiger partial charge in [-0.1, -0.05) is 6.07 Å². The molecule has 1 atom stereocenters. The van der Waals surface area contributed by atoms with Crippen LogP contribution in [0.25, 0.3) is 0 Å². The Kier molecular flexibility index (Phi) is 2.45. The Morgan fingerprint density at radius 1 is 1.50 bits per heavy atom. The first-order valence-electron chi connectivity index (χ1n) is 5.70. The second kappa shape index (κ2) is 3.99. The van der Waals surface area contributed by atoms with Gasteiger partial charge in [0.15, 0.2) is 0 Å². The number of carboxylic acid groups (broad SMARTS) is 1. The monoisotopic (exact) mass is 248 g/mol. The lowest BCUT2D eigenvalue weighted by atomic mass is 10.0. The highest BCUT2D eigenvalue weighted by atomic mass is 16.5. The number of ether oxygens (including phenoxy) is 1. The van der Waals surface area contributed by atoms with Crippen LogP contribution in [-0.2, 0) is 9.53 Å². The van der Waals surface area contributed by atoms with Gasteiger partial charge < -0.3 is 20.1 Å². The van der Waals surface area contributed by atoms with Crippen LogP contribution < -0.4 is 10.2 Å². The summed E-state index contributed by atoms with van der Waals surface area (Å²) in [5, 5.41) is 12.0. The molecular formula is C12H12N2O4. The Morgan fingerprint density at radius 2 is 2.33 bits per heavy atom. The zero-order valence-corrected chi connectivity index (χ0v) is 9.55. The van der Waals surface area contributed by atoms with Crippen molar-refractivity contribution in [3.63, 3.8) is 0 Å². The van der Waals surface area contributed by atoms with Crippen molar-refractivity contribution in [3.05, 3.63) is 23.8 Å². The summed E-state index contributed by atoms with van der Waals surface area (Å²) in [6.07, 6.45) is 0. The lowest BCUT2D eigenvalue weighted by Gasteiger charge is -2.41. The van der Waals surface area contributed by atoms with E-state index < -0.39 is 12.0 Å². The number of hydrogen-bond donors (Lipinski definition) is 2. The van der Waals surface area contributed by atoms with Crippen molar-refractivity contribution >= 4 is 23.3 Å². The highest BCUT2D eigenvalue weighted by Gasteiger charge is 2.37. The molecule has 3 rings (SSSR count). The van der Waals surface area contributed by atoms with E-state index in [1.54, 1.807) is 18.2 Å². The van der Waals surface area contributed by atoms with Gasteiger partial charge in [-0.05, 0) is 12.1 Å². The summed E-state index contributed by atoms with van der Waals surface area (Å²) >= 11 is 0. The number of nitrogens with zero attached hydrogens (tertiary/aromatic N) is 1. The molecule has 0 aromatic heterocycles. The number of carboxylic acids is 1. The number of rotatable bonds is 1. The highest BCUT2D eigenvalue weighted by Crippen LogP contribution is 2.36. The van der Waals surface area contributed by atoms with Crippen LogP contribution in [-0.4, -0.2) is 42.8 Å². The zero-order valence-electron chi connectivity index (χ0n) is 9.55. The van der Waals surface area contributed by atoms with Crippen molar-refractivity contribution in [2.24, 2.45) is 0 Å². The quantitative estimate of drug-likeness (QED) is 0.758. The average Bonchev–Trinajstić information content (AvgIpc) is 2.38. The molecule has 2 aliphatic rings. The molecule has 6 nitrogen and oxygen atoms in total. The molecule has 1 aromatic rings. The van der Waals surface area contributed by atoms with E-state index in [9.17, 15) is 14.7 Å². The lowest BCUT2D eigenvalue weighted by molar-refractivity contribution is -0.119. The third-order valence-corrected chi connectivity index (χ3v) is 3.24. The van der Waals surface area contributed by atoms with Crippen molar-refractivity contribution in [1.82, 2.24) is 0 Å². The fraction of sp³-hybridized carbons (Fsp3) is 0.333. The number of fused-ring (bicyclic) bond motifs is 3. The van der Waals surface area contributed by atoms with E-state index >= 15 is 0 Å². The molecule has 1 aromatic carbocycles. The minimum absolute atomic E-state index is 0.148. The van der Waals surface area contributed by atoms with E-state index in [0.717, 1.165) is 0 Å². The summed E-state index contributed by atoms with van der Waals surface area (Å²) in [5.74, 6) is -1.14. The van der Waals surface area contributed by atoms with Gasteiger partial charge in [0.25, 0.3) is 0 Å². The third-order valence-electron chi connectivity index (χ3n) is 3.24. The van der Waals surface area contributed by atoms with Crippen LogP contribution in [0, 0.1) is 0 Å². The molecule has 0 saturated carbocycles. The largest absolute Gasteiger partial charge is 0.478 e. The standard InChI is InChI=1S/C12H12N2O4/c15-11-9-6-18-5-4-14(9)10-7(12(16)17)2-1-3-8(10)13-11/h1-3,9H,4-6H2,(H,13,15)(H,16,17). The van der Waals surface area contributed by atoms with Gasteiger partial charge in [0, 0.05) is 6.54 Å². The van der Waals surface area contributed by atoms with Crippen LogP contribution in [0.5, 0.6) is 0 Å². The van der Waals surface area contributed by atoms with Crippen molar-refractivity contribution in [2.75, 3.05) is 30.0 Å². The molecule has 1 saturated heterocycles. The van der Waals surface area contributed by atoms with Crippen molar-refractivity contribution < 1.29 is 19.4 Å². The van der Waals surface area contributed by atoms with Crippen LogP contribution in [0.1, 0.15) is 10.4 Å².